The number of rotatable bonds is 4. The molecule has 2 aliphatic carbocycles. The third-order valence-corrected chi connectivity index (χ3v) is 6.79. The van der Waals surface area contributed by atoms with Crippen LogP contribution in [0.3, 0.4) is 0 Å². The number of fused-ring (bicyclic) bond motifs is 1. The molecule has 7 heteroatoms. The molecule has 2 aliphatic heterocycles. The predicted octanol–water partition coefficient (Wildman–Crippen LogP) is 1.57. The van der Waals surface area contributed by atoms with Gasteiger partial charge in [0, 0.05) is 19.1 Å². The first-order valence-corrected chi connectivity index (χ1v) is 9.64. The third kappa shape index (κ3) is 2.72. The standard InChI is InChI=1S/C18H27N3O4/c22-15(23)14-11-12-5-1-2-6-13(12)20(14)9-10-21-16(24)18(19-17(21)25)7-3-4-8-18/h12-14H,1-11H2,(H,19,25)(H,22,23). The molecule has 2 N–H and O–H groups in total. The summed E-state index contributed by atoms with van der Waals surface area (Å²) >= 11 is 0. The maximum absolute atomic E-state index is 12.8. The molecule has 4 fully saturated rings. The number of hydrogen-bond acceptors (Lipinski definition) is 4. The zero-order valence-electron chi connectivity index (χ0n) is 14.6. The van der Waals surface area contributed by atoms with Crippen LogP contribution in [0.2, 0.25) is 0 Å². The van der Waals surface area contributed by atoms with Crippen LogP contribution in [-0.2, 0) is 9.59 Å². The highest BCUT2D eigenvalue weighted by Crippen LogP contribution is 2.40. The second-order valence-corrected chi connectivity index (χ2v) is 8.12. The number of carbonyl (C=O) groups excluding carboxylic acids is 2. The predicted molar refractivity (Wildman–Crippen MR) is 89.9 cm³/mol. The van der Waals surface area contributed by atoms with Crippen molar-refractivity contribution in [1.29, 1.82) is 0 Å². The van der Waals surface area contributed by atoms with E-state index in [4.69, 9.17) is 0 Å². The van der Waals surface area contributed by atoms with Crippen LogP contribution in [-0.4, -0.2) is 63.5 Å². The molecule has 2 saturated carbocycles. The van der Waals surface area contributed by atoms with Crippen molar-refractivity contribution in [2.75, 3.05) is 13.1 Å². The number of nitrogens with zero attached hydrogens (tertiary/aromatic N) is 2. The van der Waals surface area contributed by atoms with Crippen LogP contribution in [0.25, 0.3) is 0 Å². The quantitative estimate of drug-likeness (QED) is 0.752. The number of amides is 3. The van der Waals surface area contributed by atoms with E-state index in [2.05, 4.69) is 5.32 Å². The first-order chi connectivity index (χ1) is 12.0. The van der Waals surface area contributed by atoms with Crippen molar-refractivity contribution < 1.29 is 19.5 Å². The summed E-state index contributed by atoms with van der Waals surface area (Å²) in [6.45, 7) is 0.757. The van der Waals surface area contributed by atoms with Gasteiger partial charge in [-0.3, -0.25) is 19.4 Å². The van der Waals surface area contributed by atoms with Gasteiger partial charge in [-0.25, -0.2) is 4.79 Å². The molecule has 3 amide bonds. The van der Waals surface area contributed by atoms with Gasteiger partial charge in [0.1, 0.15) is 11.6 Å². The van der Waals surface area contributed by atoms with E-state index < -0.39 is 17.6 Å². The van der Waals surface area contributed by atoms with Crippen LogP contribution in [0.5, 0.6) is 0 Å². The second kappa shape index (κ2) is 6.27. The number of hydrogen-bond donors (Lipinski definition) is 2. The maximum Gasteiger partial charge on any atom is 0.325 e. The Balaban J connectivity index is 1.45. The van der Waals surface area contributed by atoms with Gasteiger partial charge in [-0.05, 0) is 38.0 Å². The lowest BCUT2D eigenvalue weighted by molar-refractivity contribution is -0.142. The second-order valence-electron chi connectivity index (χ2n) is 8.12. The number of likely N-dealkylation sites (tertiary alicyclic amines) is 1. The summed E-state index contributed by atoms with van der Waals surface area (Å²) < 4.78 is 0. The van der Waals surface area contributed by atoms with Crippen LogP contribution >= 0.6 is 0 Å². The minimum atomic E-state index is -0.779. The first-order valence-electron chi connectivity index (χ1n) is 9.64. The fourth-order valence-corrected chi connectivity index (χ4v) is 5.53. The van der Waals surface area contributed by atoms with Gasteiger partial charge in [0.05, 0.1) is 0 Å². The molecule has 0 aromatic heterocycles. The Labute approximate surface area is 147 Å². The molecular formula is C18H27N3O4. The topological polar surface area (TPSA) is 89.9 Å². The van der Waals surface area contributed by atoms with E-state index >= 15 is 0 Å². The highest BCUT2D eigenvalue weighted by atomic mass is 16.4. The smallest absolute Gasteiger partial charge is 0.325 e. The minimum Gasteiger partial charge on any atom is -0.480 e. The van der Waals surface area contributed by atoms with E-state index in [1.807, 2.05) is 4.90 Å². The molecule has 7 nitrogen and oxygen atoms in total. The van der Waals surface area contributed by atoms with E-state index in [1.165, 1.54) is 11.3 Å². The number of carboxylic acids is 1. The average Bonchev–Trinajstić information content (AvgIpc) is 3.25. The molecule has 138 valence electrons. The lowest BCUT2D eigenvalue weighted by Crippen LogP contribution is -2.48. The largest absolute Gasteiger partial charge is 0.480 e. The van der Waals surface area contributed by atoms with Gasteiger partial charge in [-0.2, -0.15) is 0 Å². The molecule has 2 heterocycles. The number of aliphatic carboxylic acids is 1. The van der Waals surface area contributed by atoms with Crippen LogP contribution in [0.1, 0.15) is 57.8 Å². The van der Waals surface area contributed by atoms with Crippen molar-refractivity contribution in [2.45, 2.75) is 75.4 Å². The summed E-state index contributed by atoms with van der Waals surface area (Å²) in [5.74, 6) is -0.445. The molecule has 4 rings (SSSR count). The molecule has 2 saturated heterocycles. The van der Waals surface area contributed by atoms with Crippen LogP contribution in [0, 0.1) is 5.92 Å². The monoisotopic (exact) mass is 349 g/mol. The summed E-state index contributed by atoms with van der Waals surface area (Å²) in [5, 5.41) is 12.5. The van der Waals surface area contributed by atoms with Gasteiger partial charge in [-0.15, -0.1) is 0 Å². The van der Waals surface area contributed by atoms with Gasteiger partial charge >= 0.3 is 12.0 Å². The fraction of sp³-hybridized carbons (Fsp3) is 0.833. The van der Waals surface area contributed by atoms with Crippen molar-refractivity contribution in [3.05, 3.63) is 0 Å². The van der Waals surface area contributed by atoms with Gasteiger partial charge < -0.3 is 10.4 Å². The molecular weight excluding hydrogens is 322 g/mol. The first kappa shape index (κ1) is 16.8. The number of urea groups is 1. The van der Waals surface area contributed by atoms with E-state index in [-0.39, 0.29) is 18.0 Å². The molecule has 0 bridgehead atoms. The highest BCUT2D eigenvalue weighted by Gasteiger charge is 2.53. The molecule has 4 aliphatic rings. The molecule has 3 unspecified atom stereocenters. The van der Waals surface area contributed by atoms with E-state index in [0.29, 0.717) is 25.4 Å². The summed E-state index contributed by atoms with van der Waals surface area (Å²) in [6.07, 6.45) is 8.51. The number of carboxylic acid groups (broad SMARTS) is 1. The summed E-state index contributed by atoms with van der Waals surface area (Å²) in [6, 6.07) is -0.497. The van der Waals surface area contributed by atoms with Crippen molar-refractivity contribution in [3.8, 4) is 0 Å². The van der Waals surface area contributed by atoms with Crippen molar-refractivity contribution in [3.63, 3.8) is 0 Å². The van der Waals surface area contributed by atoms with E-state index in [9.17, 15) is 19.5 Å². The van der Waals surface area contributed by atoms with E-state index in [1.54, 1.807) is 0 Å². The van der Waals surface area contributed by atoms with E-state index in [0.717, 1.165) is 44.9 Å². The van der Waals surface area contributed by atoms with Gasteiger partial charge in [0.2, 0.25) is 0 Å². The van der Waals surface area contributed by atoms with Gasteiger partial charge in [-0.1, -0.05) is 25.7 Å². The van der Waals surface area contributed by atoms with Crippen molar-refractivity contribution in [2.24, 2.45) is 5.92 Å². The summed E-state index contributed by atoms with van der Waals surface area (Å²) in [7, 11) is 0. The van der Waals surface area contributed by atoms with Gasteiger partial charge in [0.25, 0.3) is 5.91 Å². The van der Waals surface area contributed by atoms with Crippen LogP contribution in [0.15, 0.2) is 0 Å². The minimum absolute atomic E-state index is 0.110. The Morgan fingerprint density at radius 2 is 1.84 bits per heavy atom. The third-order valence-electron chi connectivity index (χ3n) is 6.79. The normalized spacial score (nSPS) is 34.6. The molecule has 0 aromatic rings. The lowest BCUT2D eigenvalue weighted by Gasteiger charge is -2.33. The highest BCUT2D eigenvalue weighted by molar-refractivity contribution is 6.07. The Morgan fingerprint density at radius 3 is 2.56 bits per heavy atom. The zero-order valence-corrected chi connectivity index (χ0v) is 14.6. The maximum atomic E-state index is 12.8. The zero-order chi connectivity index (χ0) is 17.6. The summed E-state index contributed by atoms with van der Waals surface area (Å²) in [4.78, 5) is 40.1. The molecule has 25 heavy (non-hydrogen) atoms. The fourth-order valence-electron chi connectivity index (χ4n) is 5.53. The van der Waals surface area contributed by atoms with Crippen LogP contribution in [0.4, 0.5) is 4.79 Å². The molecule has 3 atom stereocenters. The van der Waals surface area contributed by atoms with Crippen molar-refractivity contribution in [1.82, 2.24) is 15.1 Å². The number of carbonyl (C=O) groups is 3. The Bertz CT molecular complexity index is 587. The Hall–Kier alpha value is -1.63. The van der Waals surface area contributed by atoms with Crippen molar-refractivity contribution >= 4 is 17.9 Å². The molecule has 1 spiro atoms. The number of imide groups is 1. The van der Waals surface area contributed by atoms with Gasteiger partial charge in [0.15, 0.2) is 0 Å². The molecule has 0 aromatic carbocycles. The van der Waals surface area contributed by atoms with Crippen LogP contribution < -0.4 is 5.32 Å². The lowest BCUT2D eigenvalue weighted by atomic mass is 9.85. The SMILES string of the molecule is O=C(O)C1CC2CCCCC2N1CCN1C(=O)NC2(CCCC2)C1=O. The Kier molecular flexibility index (Phi) is 4.22. The summed E-state index contributed by atoms with van der Waals surface area (Å²) in [5.41, 5.74) is -0.679. The number of nitrogens with one attached hydrogen (secondary N) is 1. The molecule has 0 radical (unpaired) electrons. The Morgan fingerprint density at radius 1 is 1.12 bits per heavy atom. The average molecular weight is 349 g/mol.